The van der Waals surface area contributed by atoms with Gasteiger partial charge in [0.25, 0.3) is 5.91 Å². The Kier molecular flexibility index (Phi) is 6.18. The van der Waals surface area contributed by atoms with Crippen molar-refractivity contribution in [2.45, 2.75) is 64.1 Å². The second-order valence-corrected chi connectivity index (χ2v) is 10.7. The summed E-state index contributed by atoms with van der Waals surface area (Å²) >= 11 is 0. The minimum absolute atomic E-state index is 0.0151. The summed E-state index contributed by atoms with van der Waals surface area (Å²) in [6.07, 6.45) is 4.07. The molecule has 1 spiro atoms. The average molecular weight is 487 g/mol. The van der Waals surface area contributed by atoms with E-state index in [0.717, 1.165) is 18.8 Å². The van der Waals surface area contributed by atoms with Gasteiger partial charge < -0.3 is 26.4 Å². The number of anilines is 4. The first kappa shape index (κ1) is 24.2. The normalized spacial score (nSPS) is 15.9. The van der Waals surface area contributed by atoms with Crippen molar-refractivity contribution in [3.05, 3.63) is 71.0 Å². The van der Waals surface area contributed by atoms with Crippen LogP contribution in [0, 0.1) is 0 Å². The molecular formula is C28H34N6O2. The molecule has 1 aliphatic carbocycles. The van der Waals surface area contributed by atoms with Crippen LogP contribution >= 0.6 is 0 Å². The monoisotopic (exact) mass is 486 g/mol. The molecule has 0 radical (unpaired) electrons. The zero-order valence-electron chi connectivity index (χ0n) is 21.3. The van der Waals surface area contributed by atoms with E-state index in [1.165, 1.54) is 24.0 Å². The van der Waals surface area contributed by atoms with Crippen molar-refractivity contribution < 1.29 is 9.90 Å². The van der Waals surface area contributed by atoms with E-state index in [1.54, 1.807) is 32.2 Å². The highest BCUT2D eigenvalue weighted by Crippen LogP contribution is 2.50. The summed E-state index contributed by atoms with van der Waals surface area (Å²) in [6.45, 7) is 9.14. The topological polar surface area (TPSA) is 111 Å². The van der Waals surface area contributed by atoms with Crippen molar-refractivity contribution in [3.63, 3.8) is 0 Å². The number of pyridine rings is 2. The number of hydrogen-bond donors (Lipinski definition) is 5. The van der Waals surface area contributed by atoms with Gasteiger partial charge in [0.05, 0.1) is 16.9 Å². The first-order valence-electron chi connectivity index (χ1n) is 12.5. The second kappa shape index (κ2) is 9.19. The van der Waals surface area contributed by atoms with Crippen molar-refractivity contribution in [3.8, 4) is 0 Å². The van der Waals surface area contributed by atoms with Gasteiger partial charge in [-0.15, -0.1) is 0 Å². The summed E-state index contributed by atoms with van der Waals surface area (Å²) in [7, 11) is 0. The third-order valence-corrected chi connectivity index (χ3v) is 6.79. The number of amides is 1. The predicted octanol–water partition coefficient (Wildman–Crippen LogP) is 4.46. The number of nitrogens with one attached hydrogen (secondary N) is 4. The molecule has 0 atom stereocenters. The molecule has 1 aliphatic heterocycles. The summed E-state index contributed by atoms with van der Waals surface area (Å²) in [5.41, 5.74) is 4.50. The van der Waals surface area contributed by atoms with Crippen LogP contribution < -0.4 is 21.3 Å². The zero-order valence-corrected chi connectivity index (χ0v) is 21.3. The Morgan fingerprint density at radius 2 is 1.92 bits per heavy atom. The highest BCUT2D eigenvalue weighted by molar-refractivity contribution is 6.00. The summed E-state index contributed by atoms with van der Waals surface area (Å²) < 4.78 is 0. The number of carbonyl (C=O) groups excluding carboxylic acids is 1. The number of fused-ring (bicyclic) bond motifs is 2. The number of hydrogen-bond acceptors (Lipinski definition) is 7. The van der Waals surface area contributed by atoms with Gasteiger partial charge in [-0.25, -0.2) is 9.97 Å². The van der Waals surface area contributed by atoms with Crippen LogP contribution in [-0.2, 0) is 17.6 Å². The first-order valence-corrected chi connectivity index (χ1v) is 12.5. The SMILES string of the molecule is CC(C)NC(=O)c1cnc(Nc2ccc3c(c2)CNCC32CC2)cc1Nc1cccc(C(C)(C)O)n1. The van der Waals surface area contributed by atoms with Gasteiger partial charge in [0.1, 0.15) is 17.2 Å². The number of aromatic nitrogens is 2. The first-order chi connectivity index (χ1) is 17.1. The Morgan fingerprint density at radius 1 is 1.11 bits per heavy atom. The lowest BCUT2D eigenvalue weighted by Gasteiger charge is -2.26. The molecule has 1 amide bonds. The smallest absolute Gasteiger partial charge is 0.255 e. The van der Waals surface area contributed by atoms with E-state index in [0.29, 0.717) is 34.0 Å². The maximum Gasteiger partial charge on any atom is 0.255 e. The third-order valence-electron chi connectivity index (χ3n) is 6.79. The number of nitrogens with zero attached hydrogens (tertiary/aromatic N) is 2. The van der Waals surface area contributed by atoms with E-state index in [9.17, 15) is 9.90 Å². The molecule has 2 aromatic heterocycles. The molecule has 2 aliphatic rings. The van der Waals surface area contributed by atoms with Gasteiger partial charge in [-0.3, -0.25) is 4.79 Å². The largest absolute Gasteiger partial charge is 0.384 e. The lowest BCUT2D eigenvalue weighted by atomic mass is 9.88. The van der Waals surface area contributed by atoms with E-state index in [1.807, 2.05) is 26.0 Å². The number of benzene rings is 1. The number of rotatable bonds is 7. The lowest BCUT2D eigenvalue weighted by Crippen LogP contribution is -2.33. The molecule has 1 aromatic carbocycles. The lowest BCUT2D eigenvalue weighted by molar-refractivity contribution is 0.0740. The van der Waals surface area contributed by atoms with Crippen LogP contribution in [0.2, 0.25) is 0 Å². The average Bonchev–Trinajstić information content (AvgIpc) is 3.58. The second-order valence-electron chi connectivity index (χ2n) is 10.7. The standard InChI is InChI=1S/C28H34N6O2/c1-17(2)31-26(35)20-15-30-25(13-22(20)33-24-7-5-6-23(34-24)27(3,4)36)32-19-8-9-21-18(12-19)14-29-16-28(21)10-11-28/h5-9,12-13,15,17,29,36H,10-11,14,16H2,1-4H3,(H,31,35)(H2,30,32,33,34). The Bertz CT molecular complexity index is 1290. The fourth-order valence-electron chi connectivity index (χ4n) is 4.74. The molecule has 1 saturated carbocycles. The van der Waals surface area contributed by atoms with E-state index in [-0.39, 0.29) is 11.9 Å². The van der Waals surface area contributed by atoms with E-state index < -0.39 is 5.60 Å². The van der Waals surface area contributed by atoms with Crippen LogP contribution in [0.1, 0.15) is 67.7 Å². The summed E-state index contributed by atoms with van der Waals surface area (Å²) in [5, 5.41) is 23.5. The molecule has 8 heteroatoms. The Balaban J connectivity index is 1.44. The van der Waals surface area contributed by atoms with Crippen molar-refractivity contribution in [2.75, 3.05) is 17.2 Å². The van der Waals surface area contributed by atoms with E-state index in [2.05, 4.69) is 49.4 Å². The van der Waals surface area contributed by atoms with Crippen LogP contribution in [0.5, 0.6) is 0 Å². The van der Waals surface area contributed by atoms with Gasteiger partial charge in [0.15, 0.2) is 0 Å². The zero-order chi connectivity index (χ0) is 25.5. The van der Waals surface area contributed by atoms with Gasteiger partial charge in [-0.1, -0.05) is 12.1 Å². The van der Waals surface area contributed by atoms with Crippen LogP contribution in [0.25, 0.3) is 0 Å². The van der Waals surface area contributed by atoms with Crippen molar-refractivity contribution in [2.24, 2.45) is 0 Å². The minimum Gasteiger partial charge on any atom is -0.384 e. The van der Waals surface area contributed by atoms with Crippen LogP contribution in [0.3, 0.4) is 0 Å². The maximum atomic E-state index is 12.9. The third kappa shape index (κ3) is 5.05. The number of aliphatic hydroxyl groups is 1. The van der Waals surface area contributed by atoms with Crippen molar-refractivity contribution in [1.29, 1.82) is 0 Å². The molecule has 0 bridgehead atoms. The highest BCUT2D eigenvalue weighted by Gasteiger charge is 2.46. The van der Waals surface area contributed by atoms with Gasteiger partial charge >= 0.3 is 0 Å². The molecule has 1 fully saturated rings. The van der Waals surface area contributed by atoms with Gasteiger partial charge in [-0.2, -0.15) is 0 Å². The number of carbonyl (C=O) groups is 1. The molecule has 0 unspecified atom stereocenters. The molecule has 5 rings (SSSR count). The minimum atomic E-state index is -1.08. The highest BCUT2D eigenvalue weighted by atomic mass is 16.3. The molecule has 8 nitrogen and oxygen atoms in total. The molecule has 3 heterocycles. The van der Waals surface area contributed by atoms with Crippen LogP contribution in [-0.4, -0.2) is 33.6 Å². The van der Waals surface area contributed by atoms with Crippen molar-refractivity contribution in [1.82, 2.24) is 20.6 Å². The Hall–Kier alpha value is -3.49. The molecule has 0 saturated heterocycles. The van der Waals surface area contributed by atoms with Crippen LogP contribution in [0.4, 0.5) is 23.0 Å². The Morgan fingerprint density at radius 3 is 2.64 bits per heavy atom. The fraction of sp³-hybridized carbons (Fsp3) is 0.393. The maximum absolute atomic E-state index is 12.9. The van der Waals surface area contributed by atoms with E-state index in [4.69, 9.17) is 0 Å². The summed E-state index contributed by atoms with van der Waals surface area (Å²) in [4.78, 5) is 22.0. The van der Waals surface area contributed by atoms with Crippen LogP contribution in [0.15, 0.2) is 48.7 Å². The summed E-state index contributed by atoms with van der Waals surface area (Å²) in [5.74, 6) is 0.918. The van der Waals surface area contributed by atoms with Crippen molar-refractivity contribution >= 4 is 28.9 Å². The molecule has 188 valence electrons. The van der Waals surface area contributed by atoms with Gasteiger partial charge in [0, 0.05) is 42.5 Å². The molecular weight excluding hydrogens is 452 g/mol. The predicted molar refractivity (Wildman–Crippen MR) is 142 cm³/mol. The quantitative estimate of drug-likeness (QED) is 0.335. The summed E-state index contributed by atoms with van der Waals surface area (Å²) in [6, 6.07) is 13.7. The van der Waals surface area contributed by atoms with Gasteiger partial charge in [0.2, 0.25) is 0 Å². The molecule has 36 heavy (non-hydrogen) atoms. The Labute approximate surface area is 212 Å². The van der Waals surface area contributed by atoms with E-state index >= 15 is 0 Å². The fourth-order valence-corrected chi connectivity index (χ4v) is 4.74. The van der Waals surface area contributed by atoms with Gasteiger partial charge in [-0.05, 0) is 75.9 Å². The molecule has 5 N–H and O–H groups in total. The molecule has 3 aromatic rings.